The van der Waals surface area contributed by atoms with Gasteiger partial charge in [-0.15, -0.1) is 0 Å². The van der Waals surface area contributed by atoms with Gasteiger partial charge in [0.2, 0.25) is 5.91 Å². The molecule has 3 atom stereocenters. The molecule has 6 nitrogen and oxygen atoms in total. The largest absolute Gasteiger partial charge is 0.459 e. The second kappa shape index (κ2) is 6.59. The fraction of sp³-hybridized carbons (Fsp3) is 0.450. The molecule has 2 saturated heterocycles. The Kier molecular flexibility index (Phi) is 4.26. The van der Waals surface area contributed by atoms with Gasteiger partial charge in [-0.05, 0) is 55.5 Å². The Hall–Kier alpha value is -2.63. The number of amides is 2. The first-order valence-corrected chi connectivity index (χ1v) is 9.19. The van der Waals surface area contributed by atoms with Crippen molar-refractivity contribution in [3.8, 4) is 0 Å². The van der Waals surface area contributed by atoms with Crippen LogP contribution in [0.1, 0.15) is 48.7 Å². The molecule has 2 aromatic rings. The van der Waals surface area contributed by atoms with Crippen molar-refractivity contribution in [3.63, 3.8) is 0 Å². The summed E-state index contributed by atoms with van der Waals surface area (Å²) >= 11 is 0. The zero-order chi connectivity index (χ0) is 18.1. The minimum atomic E-state index is -0.516. The molecule has 0 aromatic carbocycles. The zero-order valence-corrected chi connectivity index (χ0v) is 14.9. The second-order valence-corrected chi connectivity index (χ2v) is 7.19. The van der Waals surface area contributed by atoms with Crippen molar-refractivity contribution in [2.75, 3.05) is 0 Å². The van der Waals surface area contributed by atoms with E-state index in [4.69, 9.17) is 4.42 Å². The van der Waals surface area contributed by atoms with Crippen molar-refractivity contribution >= 4 is 11.8 Å². The van der Waals surface area contributed by atoms with Crippen LogP contribution in [0.5, 0.6) is 0 Å². The first-order chi connectivity index (χ1) is 12.7. The summed E-state index contributed by atoms with van der Waals surface area (Å²) in [6, 6.07) is 7.26. The number of aromatic nitrogens is 1. The van der Waals surface area contributed by atoms with E-state index in [0.29, 0.717) is 12.3 Å². The van der Waals surface area contributed by atoms with Gasteiger partial charge in [0.15, 0.2) is 5.76 Å². The molecule has 136 valence electrons. The Morgan fingerprint density at radius 3 is 2.81 bits per heavy atom. The number of fused-ring (bicyclic) bond motifs is 2. The summed E-state index contributed by atoms with van der Waals surface area (Å²) < 4.78 is 5.30. The van der Waals surface area contributed by atoms with E-state index in [0.717, 1.165) is 31.2 Å². The first-order valence-electron chi connectivity index (χ1n) is 9.19. The van der Waals surface area contributed by atoms with Crippen LogP contribution in [0.25, 0.3) is 0 Å². The zero-order valence-electron chi connectivity index (χ0n) is 14.9. The molecule has 4 heterocycles. The SMILES string of the molecule is CC[C@@]1(C(=O)NCc2ccncc2)C[C@@H]2CC[C@H]1N2C(=O)c1ccco1. The Balaban J connectivity index is 1.53. The van der Waals surface area contributed by atoms with Crippen LogP contribution in [0.2, 0.25) is 0 Å². The number of nitrogens with one attached hydrogen (secondary N) is 1. The maximum Gasteiger partial charge on any atom is 0.290 e. The molecule has 2 fully saturated rings. The standard InChI is InChI=1S/C20H23N3O3/c1-2-20(19(25)22-13-14-7-9-21-10-8-14)12-15-5-6-17(20)23(15)18(24)16-4-3-11-26-16/h3-4,7-11,15,17H,2,5-6,12-13H2,1H3,(H,22,25)/t15-,17+,20+/m0/s1. The molecule has 2 amide bonds. The van der Waals surface area contributed by atoms with Crippen molar-refractivity contribution in [1.29, 1.82) is 0 Å². The fourth-order valence-corrected chi connectivity index (χ4v) is 4.66. The summed E-state index contributed by atoms with van der Waals surface area (Å²) in [6.45, 7) is 2.52. The predicted molar refractivity (Wildman–Crippen MR) is 95.1 cm³/mol. The van der Waals surface area contributed by atoms with Crippen LogP contribution in [0.3, 0.4) is 0 Å². The van der Waals surface area contributed by atoms with Crippen molar-refractivity contribution in [1.82, 2.24) is 15.2 Å². The number of rotatable bonds is 5. The van der Waals surface area contributed by atoms with Crippen LogP contribution < -0.4 is 5.32 Å². The summed E-state index contributed by atoms with van der Waals surface area (Å²) in [7, 11) is 0. The van der Waals surface area contributed by atoms with Gasteiger partial charge in [0.25, 0.3) is 5.91 Å². The highest BCUT2D eigenvalue weighted by Crippen LogP contribution is 2.52. The minimum Gasteiger partial charge on any atom is -0.459 e. The quantitative estimate of drug-likeness (QED) is 0.897. The van der Waals surface area contributed by atoms with Crippen LogP contribution in [0.15, 0.2) is 47.3 Å². The molecule has 0 radical (unpaired) electrons. The van der Waals surface area contributed by atoms with E-state index in [1.165, 1.54) is 6.26 Å². The molecule has 1 N–H and O–H groups in total. The third-order valence-electron chi connectivity index (χ3n) is 5.99. The highest BCUT2D eigenvalue weighted by Gasteiger charge is 2.60. The summed E-state index contributed by atoms with van der Waals surface area (Å²) in [5.41, 5.74) is 0.504. The van der Waals surface area contributed by atoms with Gasteiger partial charge in [0.1, 0.15) is 0 Å². The van der Waals surface area contributed by atoms with Crippen molar-refractivity contribution in [2.45, 2.75) is 51.2 Å². The van der Waals surface area contributed by atoms with E-state index in [9.17, 15) is 9.59 Å². The van der Waals surface area contributed by atoms with E-state index in [-0.39, 0.29) is 23.9 Å². The molecular weight excluding hydrogens is 330 g/mol. The average Bonchev–Trinajstić information content (AvgIpc) is 3.41. The molecule has 6 heteroatoms. The van der Waals surface area contributed by atoms with E-state index >= 15 is 0 Å². The molecule has 4 rings (SSSR count). The summed E-state index contributed by atoms with van der Waals surface area (Å²) in [5.74, 6) is 0.298. The summed E-state index contributed by atoms with van der Waals surface area (Å²) in [5, 5.41) is 3.08. The minimum absolute atomic E-state index is 0.0428. The lowest BCUT2D eigenvalue weighted by atomic mass is 9.71. The molecule has 0 unspecified atom stereocenters. The van der Waals surface area contributed by atoms with Gasteiger partial charge in [-0.25, -0.2) is 0 Å². The second-order valence-electron chi connectivity index (χ2n) is 7.19. The molecule has 26 heavy (non-hydrogen) atoms. The molecule has 2 aliphatic heterocycles. The molecule has 0 spiro atoms. The first kappa shape index (κ1) is 16.8. The number of hydrogen-bond donors (Lipinski definition) is 1. The van der Waals surface area contributed by atoms with E-state index in [1.54, 1.807) is 24.5 Å². The Labute approximate surface area is 152 Å². The van der Waals surface area contributed by atoms with Crippen LogP contribution >= 0.6 is 0 Å². The molecule has 2 bridgehead atoms. The third-order valence-corrected chi connectivity index (χ3v) is 5.99. The van der Waals surface area contributed by atoms with Gasteiger partial charge in [0.05, 0.1) is 11.7 Å². The average molecular weight is 353 g/mol. The number of nitrogens with zero attached hydrogens (tertiary/aromatic N) is 2. The van der Waals surface area contributed by atoms with Crippen LogP contribution in [-0.4, -0.2) is 33.8 Å². The summed E-state index contributed by atoms with van der Waals surface area (Å²) in [4.78, 5) is 31.9. The van der Waals surface area contributed by atoms with Gasteiger partial charge in [-0.3, -0.25) is 14.6 Å². The lowest BCUT2D eigenvalue weighted by molar-refractivity contribution is -0.133. The van der Waals surface area contributed by atoms with Crippen molar-refractivity contribution < 1.29 is 14.0 Å². The Morgan fingerprint density at radius 1 is 1.31 bits per heavy atom. The number of furan rings is 1. The van der Waals surface area contributed by atoms with Crippen molar-refractivity contribution in [3.05, 3.63) is 54.2 Å². The Morgan fingerprint density at radius 2 is 2.12 bits per heavy atom. The lowest BCUT2D eigenvalue weighted by Gasteiger charge is -2.35. The van der Waals surface area contributed by atoms with Crippen LogP contribution in [0.4, 0.5) is 0 Å². The third kappa shape index (κ3) is 2.60. The maximum absolute atomic E-state index is 13.1. The topological polar surface area (TPSA) is 75.4 Å². The molecule has 0 saturated carbocycles. The number of pyridine rings is 1. The van der Waals surface area contributed by atoms with Gasteiger partial charge < -0.3 is 14.6 Å². The monoisotopic (exact) mass is 353 g/mol. The number of hydrogen-bond acceptors (Lipinski definition) is 4. The normalized spacial score (nSPS) is 26.9. The molecule has 0 aliphatic carbocycles. The lowest BCUT2D eigenvalue weighted by Crippen LogP contribution is -2.49. The van der Waals surface area contributed by atoms with Gasteiger partial charge >= 0.3 is 0 Å². The van der Waals surface area contributed by atoms with E-state index in [2.05, 4.69) is 10.3 Å². The highest BCUT2D eigenvalue weighted by molar-refractivity contribution is 5.94. The fourth-order valence-electron chi connectivity index (χ4n) is 4.66. The van der Waals surface area contributed by atoms with E-state index < -0.39 is 5.41 Å². The van der Waals surface area contributed by atoms with Crippen molar-refractivity contribution in [2.24, 2.45) is 5.41 Å². The Bertz CT molecular complexity index is 790. The van der Waals surface area contributed by atoms with Gasteiger partial charge in [-0.2, -0.15) is 0 Å². The molecular formula is C20H23N3O3. The van der Waals surface area contributed by atoms with Crippen LogP contribution in [0, 0.1) is 5.41 Å². The maximum atomic E-state index is 13.1. The number of carbonyl (C=O) groups excluding carboxylic acids is 2. The van der Waals surface area contributed by atoms with E-state index in [1.807, 2.05) is 24.0 Å². The molecule has 2 aromatic heterocycles. The highest BCUT2D eigenvalue weighted by atomic mass is 16.3. The smallest absolute Gasteiger partial charge is 0.290 e. The number of carbonyl (C=O) groups is 2. The summed E-state index contributed by atoms with van der Waals surface area (Å²) in [6.07, 6.45) is 8.22. The predicted octanol–water partition coefficient (Wildman–Crippen LogP) is 2.76. The van der Waals surface area contributed by atoms with Gasteiger partial charge in [0, 0.05) is 31.0 Å². The van der Waals surface area contributed by atoms with Crippen LogP contribution in [-0.2, 0) is 11.3 Å². The molecule has 2 aliphatic rings. The van der Waals surface area contributed by atoms with Gasteiger partial charge in [-0.1, -0.05) is 6.92 Å².